The largest absolute Gasteiger partial charge is 0.496 e. The lowest BCUT2D eigenvalue weighted by molar-refractivity contribution is -0.142. The summed E-state index contributed by atoms with van der Waals surface area (Å²) in [5.74, 6) is -1.13. The van der Waals surface area contributed by atoms with Crippen molar-refractivity contribution >= 4 is 27.8 Å². The third kappa shape index (κ3) is 5.38. The highest BCUT2D eigenvalue weighted by atomic mass is 79.9. The Morgan fingerprint density at radius 3 is 2.57 bits per heavy atom. The molecule has 116 valence electrons. The molecule has 2 N–H and O–H groups in total. The number of rotatable bonds is 7. The van der Waals surface area contributed by atoms with Crippen LogP contribution in [0.5, 0.6) is 5.75 Å². The number of amides is 1. The topological polar surface area (TPSA) is 75.6 Å². The minimum Gasteiger partial charge on any atom is -0.496 e. The summed E-state index contributed by atoms with van der Waals surface area (Å²) in [5.41, 5.74) is 0.384. The number of hydrogen-bond acceptors (Lipinski definition) is 3. The maximum absolute atomic E-state index is 12.1. The van der Waals surface area contributed by atoms with Crippen LogP contribution in [0.1, 0.15) is 30.6 Å². The van der Waals surface area contributed by atoms with Crippen LogP contribution in [0, 0.1) is 11.8 Å². The molecule has 1 aromatic carbocycles. The fourth-order valence-electron chi connectivity index (χ4n) is 2.00. The first kappa shape index (κ1) is 17.5. The Morgan fingerprint density at radius 1 is 1.38 bits per heavy atom. The highest BCUT2D eigenvalue weighted by molar-refractivity contribution is 9.10. The Labute approximate surface area is 132 Å². The fraction of sp³-hybridized carbons (Fsp3) is 0.467. The molecular weight excluding hydrogens is 338 g/mol. The highest BCUT2D eigenvalue weighted by Crippen LogP contribution is 2.23. The maximum Gasteiger partial charge on any atom is 0.308 e. The van der Waals surface area contributed by atoms with E-state index in [0.717, 1.165) is 4.47 Å². The van der Waals surface area contributed by atoms with Crippen LogP contribution in [-0.2, 0) is 4.79 Å². The zero-order valence-electron chi connectivity index (χ0n) is 12.4. The van der Waals surface area contributed by atoms with Crippen LogP contribution in [0.4, 0.5) is 0 Å². The molecule has 21 heavy (non-hydrogen) atoms. The average molecular weight is 358 g/mol. The number of carbonyl (C=O) groups excluding carboxylic acids is 1. The molecule has 1 aromatic rings. The van der Waals surface area contributed by atoms with Gasteiger partial charge < -0.3 is 15.2 Å². The Bertz CT molecular complexity index is 516. The van der Waals surface area contributed by atoms with Crippen molar-refractivity contribution in [2.24, 2.45) is 11.8 Å². The molecule has 0 aliphatic carbocycles. The number of halogens is 1. The zero-order chi connectivity index (χ0) is 16.0. The molecule has 1 amide bonds. The minimum atomic E-state index is -0.897. The van der Waals surface area contributed by atoms with Gasteiger partial charge in [-0.05, 0) is 30.5 Å². The molecule has 0 aliphatic rings. The highest BCUT2D eigenvalue weighted by Gasteiger charge is 2.21. The van der Waals surface area contributed by atoms with Crippen LogP contribution in [-0.4, -0.2) is 30.6 Å². The summed E-state index contributed by atoms with van der Waals surface area (Å²) in [5, 5.41) is 11.8. The summed E-state index contributed by atoms with van der Waals surface area (Å²) in [6.07, 6.45) is 0.521. The molecule has 0 fully saturated rings. The third-order valence-corrected chi connectivity index (χ3v) is 3.52. The summed E-state index contributed by atoms with van der Waals surface area (Å²) in [4.78, 5) is 23.3. The van der Waals surface area contributed by atoms with E-state index >= 15 is 0 Å². The van der Waals surface area contributed by atoms with Crippen molar-refractivity contribution < 1.29 is 19.4 Å². The van der Waals surface area contributed by atoms with E-state index in [-0.39, 0.29) is 18.4 Å². The van der Waals surface area contributed by atoms with Gasteiger partial charge in [-0.2, -0.15) is 0 Å². The van der Waals surface area contributed by atoms with Gasteiger partial charge in [0.05, 0.1) is 18.6 Å². The van der Waals surface area contributed by atoms with Crippen LogP contribution < -0.4 is 10.1 Å². The van der Waals surface area contributed by atoms with E-state index in [1.165, 1.54) is 7.11 Å². The van der Waals surface area contributed by atoms with E-state index in [1.54, 1.807) is 18.2 Å². The number of carboxylic acids is 1. The predicted molar refractivity (Wildman–Crippen MR) is 83.6 cm³/mol. The van der Waals surface area contributed by atoms with Gasteiger partial charge in [-0.1, -0.05) is 29.8 Å². The molecule has 0 saturated heterocycles. The second-order valence-electron chi connectivity index (χ2n) is 5.22. The van der Waals surface area contributed by atoms with Gasteiger partial charge in [0.1, 0.15) is 5.75 Å². The first-order valence-electron chi connectivity index (χ1n) is 6.69. The number of ether oxygens (including phenoxy) is 1. The second kappa shape index (κ2) is 8.02. The molecule has 0 radical (unpaired) electrons. The average Bonchev–Trinajstić information content (AvgIpc) is 2.42. The Morgan fingerprint density at radius 2 is 2.05 bits per heavy atom. The minimum absolute atomic E-state index is 0.103. The molecule has 0 aliphatic heterocycles. The molecule has 5 nitrogen and oxygen atoms in total. The summed E-state index contributed by atoms with van der Waals surface area (Å²) in [6, 6.07) is 5.06. The quantitative estimate of drug-likeness (QED) is 0.786. The first-order chi connectivity index (χ1) is 9.85. The number of carboxylic acid groups (broad SMARTS) is 1. The molecule has 1 atom stereocenters. The van der Waals surface area contributed by atoms with E-state index in [1.807, 2.05) is 13.8 Å². The van der Waals surface area contributed by atoms with Crippen LogP contribution in [0.15, 0.2) is 22.7 Å². The summed E-state index contributed by atoms with van der Waals surface area (Å²) in [6.45, 7) is 4.01. The number of methoxy groups -OCH3 is 1. The lowest BCUT2D eigenvalue weighted by Crippen LogP contribution is -2.33. The number of hydrogen-bond donors (Lipinski definition) is 2. The van der Waals surface area contributed by atoms with Gasteiger partial charge in [-0.3, -0.25) is 9.59 Å². The molecule has 1 unspecified atom stereocenters. The number of aliphatic carboxylic acids is 1. The maximum atomic E-state index is 12.1. The van der Waals surface area contributed by atoms with Crippen molar-refractivity contribution in [3.8, 4) is 5.75 Å². The van der Waals surface area contributed by atoms with Gasteiger partial charge in [0.15, 0.2) is 0 Å². The molecule has 0 bridgehead atoms. The van der Waals surface area contributed by atoms with Crippen LogP contribution in [0.2, 0.25) is 0 Å². The summed E-state index contributed by atoms with van der Waals surface area (Å²) >= 11 is 3.31. The predicted octanol–water partition coefficient (Wildman–Crippen LogP) is 2.93. The van der Waals surface area contributed by atoms with Gasteiger partial charge >= 0.3 is 5.97 Å². The van der Waals surface area contributed by atoms with Crippen molar-refractivity contribution in [3.05, 3.63) is 28.2 Å². The molecule has 0 heterocycles. The monoisotopic (exact) mass is 357 g/mol. The van der Waals surface area contributed by atoms with Gasteiger partial charge in [0.25, 0.3) is 5.91 Å². The standard InChI is InChI=1S/C15H20BrNO4/c1-9(2)6-10(15(19)20)8-17-14(18)12-5-4-11(16)7-13(12)21-3/h4-5,7,9-10H,6,8H2,1-3H3,(H,17,18)(H,19,20). The van der Waals surface area contributed by atoms with Gasteiger partial charge in [0.2, 0.25) is 0 Å². The normalized spacial score (nSPS) is 12.0. The van der Waals surface area contributed by atoms with E-state index in [4.69, 9.17) is 9.84 Å². The van der Waals surface area contributed by atoms with Gasteiger partial charge in [-0.15, -0.1) is 0 Å². The van der Waals surface area contributed by atoms with Gasteiger partial charge in [-0.25, -0.2) is 0 Å². The molecule has 1 rings (SSSR count). The summed E-state index contributed by atoms with van der Waals surface area (Å²) in [7, 11) is 1.48. The Kier molecular flexibility index (Phi) is 6.68. The van der Waals surface area contributed by atoms with Crippen LogP contribution >= 0.6 is 15.9 Å². The van der Waals surface area contributed by atoms with E-state index < -0.39 is 11.9 Å². The lowest BCUT2D eigenvalue weighted by Gasteiger charge is -2.16. The van der Waals surface area contributed by atoms with Crippen LogP contribution in [0.25, 0.3) is 0 Å². The van der Waals surface area contributed by atoms with Crippen molar-refractivity contribution in [3.63, 3.8) is 0 Å². The Balaban J connectivity index is 2.74. The lowest BCUT2D eigenvalue weighted by atomic mass is 9.97. The third-order valence-electron chi connectivity index (χ3n) is 3.02. The van der Waals surface area contributed by atoms with E-state index in [9.17, 15) is 9.59 Å². The summed E-state index contributed by atoms with van der Waals surface area (Å²) < 4.78 is 5.96. The van der Waals surface area contributed by atoms with E-state index in [0.29, 0.717) is 17.7 Å². The molecule has 0 spiro atoms. The first-order valence-corrected chi connectivity index (χ1v) is 7.49. The van der Waals surface area contributed by atoms with Crippen molar-refractivity contribution in [1.82, 2.24) is 5.32 Å². The second-order valence-corrected chi connectivity index (χ2v) is 6.14. The van der Waals surface area contributed by atoms with Gasteiger partial charge in [0, 0.05) is 11.0 Å². The zero-order valence-corrected chi connectivity index (χ0v) is 13.9. The Hall–Kier alpha value is -1.56. The molecule has 6 heteroatoms. The number of benzene rings is 1. The number of nitrogens with one attached hydrogen (secondary N) is 1. The van der Waals surface area contributed by atoms with Crippen molar-refractivity contribution in [2.45, 2.75) is 20.3 Å². The number of carbonyl (C=O) groups is 2. The van der Waals surface area contributed by atoms with Crippen molar-refractivity contribution in [1.29, 1.82) is 0 Å². The molecular formula is C15H20BrNO4. The smallest absolute Gasteiger partial charge is 0.308 e. The van der Waals surface area contributed by atoms with Crippen LogP contribution in [0.3, 0.4) is 0 Å². The molecule has 0 aromatic heterocycles. The fourth-order valence-corrected chi connectivity index (χ4v) is 2.34. The SMILES string of the molecule is COc1cc(Br)ccc1C(=O)NCC(CC(C)C)C(=O)O. The van der Waals surface area contributed by atoms with E-state index in [2.05, 4.69) is 21.2 Å². The molecule has 0 saturated carbocycles. The van der Waals surface area contributed by atoms with Crippen molar-refractivity contribution in [2.75, 3.05) is 13.7 Å².